The van der Waals surface area contributed by atoms with Crippen LogP contribution in [0.3, 0.4) is 0 Å². The lowest BCUT2D eigenvalue weighted by Crippen LogP contribution is -2.22. The van der Waals surface area contributed by atoms with E-state index in [2.05, 4.69) is 0 Å². The molecule has 5 nitrogen and oxygen atoms in total. The van der Waals surface area contributed by atoms with Crippen molar-refractivity contribution in [2.24, 2.45) is 0 Å². The average molecular weight is 247 g/mol. The van der Waals surface area contributed by atoms with Crippen molar-refractivity contribution in [1.82, 2.24) is 0 Å². The molecule has 7 heteroatoms. The number of anilines is 1. The third-order valence-electron chi connectivity index (χ3n) is 1.85. The van der Waals surface area contributed by atoms with Crippen LogP contribution in [0, 0.1) is 12.7 Å². The van der Waals surface area contributed by atoms with Crippen LogP contribution in [0.2, 0.25) is 0 Å². The molecule has 0 radical (unpaired) electrons. The molecule has 0 atom stereocenters. The molecule has 0 heterocycles. The van der Waals surface area contributed by atoms with Crippen LogP contribution >= 0.6 is 0 Å². The van der Waals surface area contributed by atoms with Crippen LogP contribution in [-0.4, -0.2) is 25.2 Å². The van der Waals surface area contributed by atoms with Gasteiger partial charge in [0.25, 0.3) is 0 Å². The lowest BCUT2D eigenvalue weighted by atomic mass is 10.2. The van der Waals surface area contributed by atoms with E-state index in [1.54, 1.807) is 0 Å². The van der Waals surface area contributed by atoms with Crippen LogP contribution in [0.15, 0.2) is 18.2 Å². The Hall–Kier alpha value is -1.63. The van der Waals surface area contributed by atoms with Crippen LogP contribution in [0.4, 0.5) is 10.1 Å². The van der Waals surface area contributed by atoms with Crippen molar-refractivity contribution in [3.8, 4) is 0 Å². The van der Waals surface area contributed by atoms with E-state index in [-0.39, 0.29) is 11.3 Å². The molecular weight excluding hydrogens is 237 g/mol. The summed E-state index contributed by atoms with van der Waals surface area (Å²) >= 11 is 0. The van der Waals surface area contributed by atoms with Gasteiger partial charge in [-0.2, -0.15) is 0 Å². The van der Waals surface area contributed by atoms with Crippen molar-refractivity contribution in [3.05, 3.63) is 29.6 Å². The van der Waals surface area contributed by atoms with Crippen LogP contribution in [0.1, 0.15) is 5.56 Å². The molecule has 16 heavy (non-hydrogen) atoms. The second-order valence-corrected chi connectivity index (χ2v) is 4.89. The number of benzene rings is 1. The van der Waals surface area contributed by atoms with E-state index in [1.807, 2.05) is 4.72 Å². The number of nitrogens with one attached hydrogen (secondary N) is 1. The van der Waals surface area contributed by atoms with E-state index in [9.17, 15) is 17.6 Å². The molecule has 0 aliphatic heterocycles. The van der Waals surface area contributed by atoms with Crippen molar-refractivity contribution >= 4 is 21.7 Å². The van der Waals surface area contributed by atoms with E-state index in [0.29, 0.717) is 0 Å². The molecule has 0 fully saturated rings. The van der Waals surface area contributed by atoms with Gasteiger partial charge in [-0.05, 0) is 19.1 Å². The molecule has 0 aliphatic rings. The Labute approximate surface area is 92.0 Å². The van der Waals surface area contributed by atoms with Gasteiger partial charge in [-0.15, -0.1) is 0 Å². The highest BCUT2D eigenvalue weighted by Crippen LogP contribution is 2.18. The minimum Gasteiger partial charge on any atom is -0.480 e. The summed E-state index contributed by atoms with van der Waals surface area (Å²) in [6, 6.07) is 3.88. The van der Waals surface area contributed by atoms with Gasteiger partial charge in [0.05, 0.1) is 5.69 Å². The van der Waals surface area contributed by atoms with Crippen molar-refractivity contribution in [1.29, 1.82) is 0 Å². The highest BCUT2D eigenvalue weighted by Gasteiger charge is 2.17. The van der Waals surface area contributed by atoms with Gasteiger partial charge in [0, 0.05) is 5.56 Å². The number of aliphatic carboxylic acids is 1. The first kappa shape index (κ1) is 12.4. The topological polar surface area (TPSA) is 83.5 Å². The van der Waals surface area contributed by atoms with E-state index in [0.717, 1.165) is 0 Å². The van der Waals surface area contributed by atoms with Gasteiger partial charge in [-0.25, -0.2) is 12.8 Å². The Morgan fingerprint density at radius 1 is 1.50 bits per heavy atom. The molecule has 0 aromatic heterocycles. The zero-order chi connectivity index (χ0) is 12.3. The Morgan fingerprint density at radius 3 is 2.69 bits per heavy atom. The number of halogens is 1. The highest BCUT2D eigenvalue weighted by atomic mass is 32.2. The third-order valence-corrected chi connectivity index (χ3v) is 3.00. The molecule has 0 saturated heterocycles. The summed E-state index contributed by atoms with van der Waals surface area (Å²) in [7, 11) is -3.99. The summed E-state index contributed by atoms with van der Waals surface area (Å²) in [6.45, 7) is 1.40. The molecule has 1 aromatic carbocycles. The molecule has 88 valence electrons. The fraction of sp³-hybridized carbons (Fsp3) is 0.222. The lowest BCUT2D eigenvalue weighted by Gasteiger charge is -2.09. The first-order valence-electron chi connectivity index (χ1n) is 4.29. The Kier molecular flexibility index (Phi) is 3.48. The van der Waals surface area contributed by atoms with E-state index < -0.39 is 27.6 Å². The van der Waals surface area contributed by atoms with Crippen LogP contribution in [-0.2, 0) is 14.8 Å². The molecule has 0 aliphatic carbocycles. The minimum absolute atomic E-state index is 0.0428. The maximum Gasteiger partial charge on any atom is 0.320 e. The second-order valence-electron chi connectivity index (χ2n) is 3.17. The first-order valence-corrected chi connectivity index (χ1v) is 5.94. The number of rotatable bonds is 4. The third kappa shape index (κ3) is 3.20. The van der Waals surface area contributed by atoms with Crippen LogP contribution in [0.5, 0.6) is 0 Å². The largest absolute Gasteiger partial charge is 0.480 e. The number of hydrogen-bond acceptors (Lipinski definition) is 3. The number of sulfonamides is 1. The first-order chi connectivity index (χ1) is 7.32. The second kappa shape index (κ2) is 4.48. The summed E-state index contributed by atoms with van der Waals surface area (Å²) in [5.41, 5.74) is 0.165. The standard InChI is InChI=1S/C9H10FNO4S/c1-6-7(10)3-2-4-8(6)11-16(14,15)5-9(12)13/h2-4,11H,5H2,1H3,(H,12,13). The number of carboxylic acids is 1. The number of carbonyl (C=O) groups is 1. The molecule has 2 N–H and O–H groups in total. The maximum absolute atomic E-state index is 13.1. The molecule has 0 bridgehead atoms. The highest BCUT2D eigenvalue weighted by molar-refractivity contribution is 7.93. The molecule has 1 rings (SSSR count). The van der Waals surface area contributed by atoms with E-state index in [4.69, 9.17) is 5.11 Å². The Bertz CT molecular complexity index is 512. The Balaban J connectivity index is 2.97. The van der Waals surface area contributed by atoms with Gasteiger partial charge in [0.1, 0.15) is 5.82 Å². The molecular formula is C9H10FNO4S. The van der Waals surface area contributed by atoms with Crippen LogP contribution < -0.4 is 4.72 Å². The Morgan fingerprint density at radius 2 is 2.12 bits per heavy atom. The van der Waals surface area contributed by atoms with Gasteiger partial charge in [0.15, 0.2) is 5.75 Å². The summed E-state index contributed by atoms with van der Waals surface area (Å²) in [6.07, 6.45) is 0. The quantitative estimate of drug-likeness (QED) is 0.830. The molecule has 0 amide bonds. The summed E-state index contributed by atoms with van der Waals surface area (Å²) in [5.74, 6) is -3.08. The predicted molar refractivity (Wildman–Crippen MR) is 56.2 cm³/mol. The monoisotopic (exact) mass is 247 g/mol. The van der Waals surface area contributed by atoms with Crippen molar-refractivity contribution in [2.75, 3.05) is 10.5 Å². The van der Waals surface area contributed by atoms with Gasteiger partial charge >= 0.3 is 5.97 Å². The van der Waals surface area contributed by atoms with Crippen LogP contribution in [0.25, 0.3) is 0 Å². The average Bonchev–Trinajstić information content (AvgIpc) is 2.10. The van der Waals surface area contributed by atoms with Gasteiger partial charge < -0.3 is 5.11 Å². The SMILES string of the molecule is Cc1c(F)cccc1NS(=O)(=O)CC(=O)O. The smallest absolute Gasteiger partial charge is 0.320 e. The predicted octanol–water partition coefficient (Wildman–Crippen LogP) is 0.960. The molecule has 0 spiro atoms. The van der Waals surface area contributed by atoms with Gasteiger partial charge in [0.2, 0.25) is 10.0 Å². The van der Waals surface area contributed by atoms with Gasteiger partial charge in [-0.1, -0.05) is 6.07 Å². The fourth-order valence-corrected chi connectivity index (χ4v) is 2.04. The number of hydrogen-bond donors (Lipinski definition) is 2. The van der Waals surface area contributed by atoms with Crippen molar-refractivity contribution < 1.29 is 22.7 Å². The normalized spacial score (nSPS) is 11.1. The van der Waals surface area contributed by atoms with Gasteiger partial charge in [-0.3, -0.25) is 9.52 Å². The number of carboxylic acid groups (broad SMARTS) is 1. The zero-order valence-corrected chi connectivity index (χ0v) is 9.21. The summed E-state index contributed by atoms with van der Waals surface area (Å²) in [4.78, 5) is 10.3. The lowest BCUT2D eigenvalue weighted by molar-refractivity contribution is -0.134. The molecule has 0 saturated carbocycles. The maximum atomic E-state index is 13.1. The molecule has 1 aromatic rings. The molecule has 0 unspecified atom stereocenters. The minimum atomic E-state index is -3.99. The summed E-state index contributed by atoms with van der Waals surface area (Å²) in [5, 5.41) is 8.36. The summed E-state index contributed by atoms with van der Waals surface area (Å²) < 4.78 is 37.6. The zero-order valence-electron chi connectivity index (χ0n) is 8.40. The fourth-order valence-electron chi connectivity index (χ4n) is 1.08. The van der Waals surface area contributed by atoms with E-state index in [1.165, 1.54) is 25.1 Å². The van der Waals surface area contributed by atoms with Crippen molar-refractivity contribution in [3.63, 3.8) is 0 Å². The van der Waals surface area contributed by atoms with E-state index >= 15 is 0 Å². The van der Waals surface area contributed by atoms with Crippen molar-refractivity contribution in [2.45, 2.75) is 6.92 Å².